The summed E-state index contributed by atoms with van der Waals surface area (Å²) in [7, 11) is 0. The molecule has 0 saturated heterocycles. The minimum absolute atomic E-state index is 0.0259. The van der Waals surface area contributed by atoms with Crippen LogP contribution >= 0.6 is 0 Å². The van der Waals surface area contributed by atoms with Crippen LogP contribution in [0.5, 0.6) is 0 Å². The van der Waals surface area contributed by atoms with E-state index in [0.717, 1.165) is 16.8 Å². The van der Waals surface area contributed by atoms with E-state index in [1.54, 1.807) is 23.4 Å². The Morgan fingerprint density at radius 1 is 0.963 bits per heavy atom. The molecule has 2 heterocycles. The van der Waals surface area contributed by atoms with Gasteiger partial charge in [-0.2, -0.15) is 0 Å². The molecule has 134 valence electrons. The van der Waals surface area contributed by atoms with Crippen molar-refractivity contribution in [2.75, 3.05) is 11.4 Å². The highest BCUT2D eigenvalue weighted by atomic mass is 16.2. The first-order valence-corrected chi connectivity index (χ1v) is 9.11. The molecule has 1 aliphatic rings. The van der Waals surface area contributed by atoms with E-state index in [1.165, 1.54) is 0 Å². The van der Waals surface area contributed by atoms with E-state index >= 15 is 0 Å². The van der Waals surface area contributed by atoms with E-state index in [1.807, 2.05) is 60.7 Å². The second-order valence-electron chi connectivity index (χ2n) is 6.70. The number of hydrogen-bond donors (Lipinski definition) is 0. The summed E-state index contributed by atoms with van der Waals surface area (Å²) in [4.78, 5) is 31.6. The number of nitrogens with zero attached hydrogens (tertiary/aromatic N) is 2. The molecule has 0 spiro atoms. The van der Waals surface area contributed by atoms with E-state index in [9.17, 15) is 9.59 Å². The highest BCUT2D eigenvalue weighted by Gasteiger charge is 2.32. The quantitative estimate of drug-likeness (QED) is 0.709. The molecule has 0 N–H and O–H groups in total. The lowest BCUT2D eigenvalue weighted by molar-refractivity contribution is -0.120. The van der Waals surface area contributed by atoms with Crippen LogP contribution in [0.1, 0.15) is 33.8 Å². The van der Waals surface area contributed by atoms with E-state index in [0.29, 0.717) is 24.9 Å². The molecule has 3 aromatic rings. The number of anilines is 1. The van der Waals surface area contributed by atoms with E-state index < -0.39 is 0 Å². The van der Waals surface area contributed by atoms with Crippen molar-refractivity contribution in [2.24, 2.45) is 0 Å². The number of Topliss-reactive ketones (excluding diaryl/α,β-unsaturated/α-hetero) is 1. The van der Waals surface area contributed by atoms with Crippen LogP contribution in [0.2, 0.25) is 0 Å². The summed E-state index contributed by atoms with van der Waals surface area (Å²) < 4.78 is 0. The lowest BCUT2D eigenvalue weighted by atomic mass is 9.89. The number of carbonyl (C=O) groups excluding carboxylic acids is 2. The van der Waals surface area contributed by atoms with Gasteiger partial charge in [-0.05, 0) is 41.8 Å². The predicted molar refractivity (Wildman–Crippen MR) is 105 cm³/mol. The van der Waals surface area contributed by atoms with E-state index in [-0.39, 0.29) is 17.6 Å². The van der Waals surface area contributed by atoms with Crippen molar-refractivity contribution in [1.29, 1.82) is 0 Å². The number of fused-ring (bicyclic) bond motifs is 1. The molecule has 4 nitrogen and oxygen atoms in total. The second-order valence-corrected chi connectivity index (χ2v) is 6.70. The van der Waals surface area contributed by atoms with Crippen molar-refractivity contribution in [3.63, 3.8) is 0 Å². The van der Waals surface area contributed by atoms with Crippen LogP contribution in [-0.4, -0.2) is 23.2 Å². The van der Waals surface area contributed by atoms with Gasteiger partial charge in [0.25, 0.3) is 0 Å². The number of para-hydroxylation sites is 1. The maximum atomic E-state index is 13.6. The summed E-state index contributed by atoms with van der Waals surface area (Å²) in [6, 6.07) is 21.1. The topological polar surface area (TPSA) is 50.3 Å². The van der Waals surface area contributed by atoms with Crippen molar-refractivity contribution in [3.8, 4) is 0 Å². The molecule has 1 atom stereocenters. The highest BCUT2D eigenvalue weighted by molar-refractivity contribution is 6.10. The standard InChI is InChI=1S/C23H20N2O2/c26-22-12-15-25(21-9-5-4-8-19(21)22)23(27)20(18-6-2-1-3-7-18)16-17-10-13-24-14-11-17/h1-11,13-14,20H,12,15-16H2. The van der Waals surface area contributed by atoms with Crippen LogP contribution in [0.25, 0.3) is 0 Å². The van der Waals surface area contributed by atoms with Gasteiger partial charge < -0.3 is 4.90 Å². The fourth-order valence-corrected chi connectivity index (χ4v) is 3.62. The number of amides is 1. The SMILES string of the molecule is O=C1CCN(C(=O)C(Cc2ccncc2)c2ccccc2)c2ccccc21. The van der Waals surface area contributed by atoms with Gasteiger partial charge in [-0.3, -0.25) is 14.6 Å². The van der Waals surface area contributed by atoms with Crippen molar-refractivity contribution in [1.82, 2.24) is 4.98 Å². The van der Waals surface area contributed by atoms with Gasteiger partial charge in [0.15, 0.2) is 5.78 Å². The minimum Gasteiger partial charge on any atom is -0.311 e. The molecule has 2 aromatic carbocycles. The van der Waals surface area contributed by atoms with Gasteiger partial charge in [0.05, 0.1) is 11.6 Å². The number of hydrogen-bond acceptors (Lipinski definition) is 3. The first kappa shape index (κ1) is 17.2. The fraction of sp³-hybridized carbons (Fsp3) is 0.174. The molecule has 1 amide bonds. The molecule has 0 fully saturated rings. The van der Waals surface area contributed by atoms with Crippen LogP contribution in [0.3, 0.4) is 0 Å². The fourth-order valence-electron chi connectivity index (χ4n) is 3.62. The Bertz CT molecular complexity index is 954. The Labute approximate surface area is 158 Å². The van der Waals surface area contributed by atoms with Crippen molar-refractivity contribution < 1.29 is 9.59 Å². The van der Waals surface area contributed by atoms with Crippen LogP contribution in [-0.2, 0) is 11.2 Å². The maximum absolute atomic E-state index is 13.6. The zero-order chi connectivity index (χ0) is 18.6. The smallest absolute Gasteiger partial charge is 0.234 e. The molecular weight excluding hydrogens is 336 g/mol. The Morgan fingerprint density at radius 3 is 2.44 bits per heavy atom. The van der Waals surface area contributed by atoms with Crippen LogP contribution in [0.4, 0.5) is 5.69 Å². The number of aromatic nitrogens is 1. The lowest BCUT2D eigenvalue weighted by Gasteiger charge is -2.32. The first-order valence-electron chi connectivity index (χ1n) is 9.11. The average Bonchev–Trinajstić information content (AvgIpc) is 2.73. The van der Waals surface area contributed by atoms with Crippen LogP contribution in [0, 0.1) is 0 Å². The molecule has 1 aliphatic heterocycles. The molecule has 4 heteroatoms. The average molecular weight is 356 g/mol. The molecule has 0 radical (unpaired) electrons. The third kappa shape index (κ3) is 3.51. The number of pyridine rings is 1. The lowest BCUT2D eigenvalue weighted by Crippen LogP contribution is -2.40. The Hall–Kier alpha value is -3.27. The van der Waals surface area contributed by atoms with Gasteiger partial charge >= 0.3 is 0 Å². The monoisotopic (exact) mass is 356 g/mol. The summed E-state index contributed by atoms with van der Waals surface area (Å²) in [5, 5.41) is 0. The molecule has 4 rings (SSSR count). The number of benzene rings is 2. The maximum Gasteiger partial charge on any atom is 0.234 e. The number of rotatable bonds is 4. The second kappa shape index (κ2) is 7.54. The Morgan fingerprint density at radius 2 is 1.67 bits per heavy atom. The summed E-state index contributed by atoms with van der Waals surface area (Å²) >= 11 is 0. The Kier molecular flexibility index (Phi) is 4.79. The van der Waals surface area contributed by atoms with Crippen LogP contribution in [0.15, 0.2) is 79.1 Å². The number of carbonyl (C=O) groups is 2. The zero-order valence-electron chi connectivity index (χ0n) is 14.9. The zero-order valence-corrected chi connectivity index (χ0v) is 14.9. The normalized spacial score (nSPS) is 14.5. The van der Waals surface area contributed by atoms with Crippen molar-refractivity contribution in [3.05, 3.63) is 95.8 Å². The van der Waals surface area contributed by atoms with Crippen molar-refractivity contribution in [2.45, 2.75) is 18.8 Å². The van der Waals surface area contributed by atoms with Gasteiger partial charge in [0.1, 0.15) is 0 Å². The summed E-state index contributed by atoms with van der Waals surface area (Å²) in [5.41, 5.74) is 3.39. The van der Waals surface area contributed by atoms with Gasteiger partial charge in [0, 0.05) is 30.9 Å². The Balaban J connectivity index is 1.71. The summed E-state index contributed by atoms with van der Waals surface area (Å²) in [6.45, 7) is 0.425. The van der Waals surface area contributed by atoms with Crippen molar-refractivity contribution >= 4 is 17.4 Å². The van der Waals surface area contributed by atoms with E-state index in [2.05, 4.69) is 4.98 Å². The summed E-state index contributed by atoms with van der Waals surface area (Å²) in [5.74, 6) is -0.187. The largest absolute Gasteiger partial charge is 0.311 e. The third-order valence-electron chi connectivity index (χ3n) is 5.01. The van der Waals surface area contributed by atoms with Gasteiger partial charge in [0.2, 0.25) is 5.91 Å². The predicted octanol–water partition coefficient (Wildman–Crippen LogP) is 4.03. The molecule has 0 saturated carbocycles. The molecule has 27 heavy (non-hydrogen) atoms. The molecular formula is C23H20N2O2. The number of ketones is 1. The molecule has 0 aliphatic carbocycles. The van der Waals surface area contributed by atoms with Crippen LogP contribution < -0.4 is 4.90 Å². The van der Waals surface area contributed by atoms with E-state index in [4.69, 9.17) is 0 Å². The van der Waals surface area contributed by atoms with Gasteiger partial charge in [-0.15, -0.1) is 0 Å². The molecule has 1 aromatic heterocycles. The summed E-state index contributed by atoms with van der Waals surface area (Å²) in [6.07, 6.45) is 4.45. The highest BCUT2D eigenvalue weighted by Crippen LogP contribution is 2.31. The minimum atomic E-state index is -0.310. The first-order chi connectivity index (χ1) is 13.2. The molecule has 1 unspecified atom stereocenters. The third-order valence-corrected chi connectivity index (χ3v) is 5.01. The van der Waals surface area contributed by atoms with Gasteiger partial charge in [-0.25, -0.2) is 0 Å². The molecule has 0 bridgehead atoms. The van der Waals surface area contributed by atoms with Gasteiger partial charge in [-0.1, -0.05) is 42.5 Å².